The molecule has 0 N–H and O–H groups in total. The molecule has 0 radical (unpaired) electrons. The maximum absolute atomic E-state index is 13.2. The zero-order valence-electron chi connectivity index (χ0n) is 18.2. The predicted octanol–water partition coefficient (Wildman–Crippen LogP) is 7.72. The molecule has 2 aliphatic carbocycles. The minimum Gasteiger partial charge on any atom is -0.240 e. The maximum Gasteiger partial charge on any atom is 0.416 e. The molecule has 5 heteroatoms. The monoisotopic (exact) mass is 418 g/mol. The van der Waals surface area contributed by atoms with E-state index in [0.29, 0.717) is 16.8 Å². The van der Waals surface area contributed by atoms with Crippen LogP contribution in [-0.4, -0.2) is 9.61 Å². The molecule has 2 aromatic rings. The number of allylic oxidation sites excluding steroid dienone is 1. The number of rotatable bonds is 8. The van der Waals surface area contributed by atoms with Gasteiger partial charge in [-0.3, -0.25) is 0 Å². The summed E-state index contributed by atoms with van der Waals surface area (Å²) in [5.41, 5.74) is 3.69. The quantitative estimate of drug-likeness (QED) is 0.401. The van der Waals surface area contributed by atoms with Crippen LogP contribution in [0, 0.1) is 11.3 Å². The molecule has 164 valence electrons. The van der Waals surface area contributed by atoms with E-state index in [0.717, 1.165) is 68.2 Å². The fourth-order valence-corrected chi connectivity index (χ4v) is 5.19. The summed E-state index contributed by atoms with van der Waals surface area (Å²) in [7, 11) is 0. The molecule has 30 heavy (non-hydrogen) atoms. The summed E-state index contributed by atoms with van der Waals surface area (Å²) in [5.74, 6) is 1.17. The predicted molar refractivity (Wildman–Crippen MR) is 115 cm³/mol. The number of halogens is 3. The van der Waals surface area contributed by atoms with Crippen molar-refractivity contribution < 1.29 is 13.2 Å². The number of pyridine rings is 1. The van der Waals surface area contributed by atoms with E-state index in [1.807, 2.05) is 0 Å². The molecule has 0 amide bonds. The van der Waals surface area contributed by atoms with Gasteiger partial charge in [-0.2, -0.15) is 18.3 Å². The van der Waals surface area contributed by atoms with Gasteiger partial charge in [0.25, 0.3) is 0 Å². The Labute approximate surface area is 177 Å². The molecule has 0 aliphatic heterocycles. The van der Waals surface area contributed by atoms with E-state index in [2.05, 4.69) is 25.5 Å². The van der Waals surface area contributed by atoms with E-state index in [4.69, 9.17) is 0 Å². The van der Waals surface area contributed by atoms with Gasteiger partial charge in [0.2, 0.25) is 0 Å². The van der Waals surface area contributed by atoms with Gasteiger partial charge < -0.3 is 0 Å². The lowest BCUT2D eigenvalue weighted by atomic mass is 9.65. The SMILES string of the molecule is C=C(CCCc1nn2ccc(C(F)(F)F)cc2c1C1CCC1)CC(C)(C)C1CCC1. The summed E-state index contributed by atoms with van der Waals surface area (Å²) in [4.78, 5) is 0. The Bertz CT molecular complexity index is 914. The van der Waals surface area contributed by atoms with Gasteiger partial charge >= 0.3 is 6.18 Å². The van der Waals surface area contributed by atoms with E-state index in [1.165, 1.54) is 37.1 Å². The van der Waals surface area contributed by atoms with Crippen LogP contribution in [0.25, 0.3) is 5.52 Å². The van der Waals surface area contributed by atoms with E-state index in [1.54, 1.807) is 4.52 Å². The largest absolute Gasteiger partial charge is 0.416 e. The van der Waals surface area contributed by atoms with Crippen LogP contribution in [0.1, 0.15) is 94.4 Å². The second-order valence-corrected chi connectivity index (χ2v) is 10.1. The molecule has 2 nitrogen and oxygen atoms in total. The number of nitrogens with zero attached hydrogens (tertiary/aromatic N) is 2. The molecule has 2 fully saturated rings. The van der Waals surface area contributed by atoms with Gasteiger partial charge in [0.1, 0.15) is 0 Å². The highest BCUT2D eigenvalue weighted by atomic mass is 19.4. The van der Waals surface area contributed by atoms with Crippen molar-refractivity contribution in [2.45, 2.75) is 90.1 Å². The van der Waals surface area contributed by atoms with Gasteiger partial charge in [-0.15, -0.1) is 0 Å². The summed E-state index contributed by atoms with van der Waals surface area (Å²) in [6, 6.07) is 2.41. The number of fused-ring (bicyclic) bond motifs is 1. The Morgan fingerprint density at radius 3 is 2.43 bits per heavy atom. The van der Waals surface area contributed by atoms with Crippen LogP contribution >= 0.6 is 0 Å². The van der Waals surface area contributed by atoms with Crippen molar-refractivity contribution in [3.63, 3.8) is 0 Å². The van der Waals surface area contributed by atoms with Crippen LogP contribution in [0.4, 0.5) is 13.2 Å². The van der Waals surface area contributed by atoms with Gasteiger partial charge in [-0.05, 0) is 80.8 Å². The molecule has 2 aromatic heterocycles. The van der Waals surface area contributed by atoms with Crippen LogP contribution in [0.2, 0.25) is 0 Å². The zero-order chi connectivity index (χ0) is 21.5. The van der Waals surface area contributed by atoms with Crippen LogP contribution in [0.15, 0.2) is 30.5 Å². The summed E-state index contributed by atoms with van der Waals surface area (Å²) >= 11 is 0. The molecule has 0 spiro atoms. The fraction of sp³-hybridized carbons (Fsp3) is 0.640. The molecule has 0 bridgehead atoms. The smallest absolute Gasteiger partial charge is 0.240 e. The highest BCUT2D eigenvalue weighted by Gasteiger charge is 2.34. The highest BCUT2D eigenvalue weighted by molar-refractivity contribution is 5.60. The van der Waals surface area contributed by atoms with E-state index in [9.17, 15) is 13.2 Å². The first-order valence-corrected chi connectivity index (χ1v) is 11.4. The molecule has 0 unspecified atom stereocenters. The standard InChI is InChI=1S/C25H33F3N2/c1-17(16-24(2,3)19-10-6-11-19)7-4-12-21-23(18-8-5-9-18)22-15-20(25(26,27)28)13-14-30(22)29-21/h13-15,18-19H,1,4-12,16H2,2-3H3. The molecule has 0 atom stereocenters. The third-order valence-electron chi connectivity index (χ3n) is 7.45. The average molecular weight is 419 g/mol. The van der Waals surface area contributed by atoms with Crippen molar-refractivity contribution in [2.75, 3.05) is 0 Å². The lowest BCUT2D eigenvalue weighted by Crippen LogP contribution is -2.30. The first kappa shape index (κ1) is 21.5. The number of aryl methyl sites for hydroxylation is 1. The average Bonchev–Trinajstić information content (AvgIpc) is 2.87. The number of hydrogen-bond donors (Lipinski definition) is 0. The maximum atomic E-state index is 13.2. The molecular weight excluding hydrogens is 385 g/mol. The summed E-state index contributed by atoms with van der Waals surface area (Å²) < 4.78 is 41.3. The second kappa shape index (κ2) is 8.05. The summed E-state index contributed by atoms with van der Waals surface area (Å²) in [6.07, 6.45) is 8.19. The Morgan fingerprint density at radius 2 is 1.87 bits per heavy atom. The number of alkyl halides is 3. The van der Waals surface area contributed by atoms with E-state index >= 15 is 0 Å². The normalized spacial score (nSPS) is 18.4. The Kier molecular flexibility index (Phi) is 5.75. The van der Waals surface area contributed by atoms with Crippen molar-refractivity contribution in [3.8, 4) is 0 Å². The summed E-state index contributed by atoms with van der Waals surface area (Å²) in [5, 5.41) is 4.68. The molecule has 0 aromatic carbocycles. The van der Waals surface area contributed by atoms with Crippen molar-refractivity contribution in [2.24, 2.45) is 11.3 Å². The van der Waals surface area contributed by atoms with Gasteiger partial charge in [-0.25, -0.2) is 4.52 Å². The third kappa shape index (κ3) is 4.31. The Morgan fingerprint density at radius 1 is 1.17 bits per heavy atom. The Balaban J connectivity index is 1.46. The Hall–Kier alpha value is -1.78. The van der Waals surface area contributed by atoms with E-state index in [-0.39, 0.29) is 0 Å². The molecule has 2 heterocycles. The zero-order valence-corrected chi connectivity index (χ0v) is 18.2. The van der Waals surface area contributed by atoms with Crippen LogP contribution in [-0.2, 0) is 12.6 Å². The lowest BCUT2D eigenvalue weighted by molar-refractivity contribution is -0.137. The molecular formula is C25H33F3N2. The minimum atomic E-state index is -4.33. The van der Waals surface area contributed by atoms with Crippen LogP contribution < -0.4 is 0 Å². The lowest BCUT2D eigenvalue weighted by Gasteiger charge is -2.41. The van der Waals surface area contributed by atoms with Crippen LogP contribution in [0.3, 0.4) is 0 Å². The van der Waals surface area contributed by atoms with Crippen molar-refractivity contribution >= 4 is 5.52 Å². The second-order valence-electron chi connectivity index (χ2n) is 10.1. The molecule has 4 rings (SSSR count). The molecule has 0 saturated heterocycles. The van der Waals surface area contributed by atoms with Crippen molar-refractivity contribution in [1.29, 1.82) is 0 Å². The topological polar surface area (TPSA) is 17.3 Å². The molecule has 2 saturated carbocycles. The van der Waals surface area contributed by atoms with Gasteiger partial charge in [0, 0.05) is 11.8 Å². The van der Waals surface area contributed by atoms with Gasteiger partial charge in [0.05, 0.1) is 16.8 Å². The molecule has 2 aliphatic rings. The highest BCUT2D eigenvalue weighted by Crippen LogP contribution is 2.46. The number of aromatic nitrogens is 2. The summed E-state index contributed by atoms with van der Waals surface area (Å²) in [6.45, 7) is 9.04. The van der Waals surface area contributed by atoms with Crippen LogP contribution in [0.5, 0.6) is 0 Å². The fourth-order valence-electron chi connectivity index (χ4n) is 5.19. The third-order valence-corrected chi connectivity index (χ3v) is 7.45. The van der Waals surface area contributed by atoms with Gasteiger partial charge in [0.15, 0.2) is 0 Å². The van der Waals surface area contributed by atoms with Crippen molar-refractivity contribution in [1.82, 2.24) is 9.61 Å². The van der Waals surface area contributed by atoms with E-state index < -0.39 is 11.7 Å². The first-order valence-electron chi connectivity index (χ1n) is 11.4. The first-order chi connectivity index (χ1) is 14.1. The number of hydrogen-bond acceptors (Lipinski definition) is 1. The minimum absolute atomic E-state index is 0.323. The van der Waals surface area contributed by atoms with Gasteiger partial charge in [-0.1, -0.05) is 38.8 Å². The van der Waals surface area contributed by atoms with Crippen molar-refractivity contribution in [3.05, 3.63) is 47.3 Å².